The highest BCUT2D eigenvalue weighted by atomic mass is 15.3. The monoisotopic (exact) mass is 240 g/mol. The maximum Gasteiger partial charge on any atom is 0.137 e. The number of hydrogen-bond acceptors (Lipinski definition) is 3. The van der Waals surface area contributed by atoms with Crippen molar-refractivity contribution in [3.05, 3.63) is 12.7 Å². The van der Waals surface area contributed by atoms with Crippen molar-refractivity contribution in [1.82, 2.24) is 20.1 Å². The van der Waals surface area contributed by atoms with E-state index in [0.717, 1.165) is 0 Å². The van der Waals surface area contributed by atoms with Gasteiger partial charge in [0, 0.05) is 7.05 Å². The minimum atomic E-state index is 1.22. The lowest BCUT2D eigenvalue weighted by Gasteiger charge is -2.02. The first-order valence-corrected chi connectivity index (χ1v) is 6.80. The van der Waals surface area contributed by atoms with Crippen LogP contribution in [0, 0.1) is 0 Å². The lowest BCUT2D eigenvalue weighted by atomic mass is 10.2. The number of aryl methyl sites for hydroxylation is 1. The zero-order valence-electron chi connectivity index (χ0n) is 11.7. The molecule has 1 aromatic heterocycles. The molecule has 1 aromatic rings. The second kappa shape index (κ2) is 13.2. The van der Waals surface area contributed by atoms with Crippen LogP contribution in [-0.2, 0) is 7.05 Å². The summed E-state index contributed by atoms with van der Waals surface area (Å²) in [4.78, 5) is 3.67. The molecule has 4 nitrogen and oxygen atoms in total. The smallest absolute Gasteiger partial charge is 0.137 e. The molecule has 0 aromatic carbocycles. The highest BCUT2D eigenvalue weighted by Gasteiger charge is 1.87. The number of hydrogen-bond donors (Lipinski definition) is 1. The van der Waals surface area contributed by atoms with Crippen molar-refractivity contribution in [3.63, 3.8) is 0 Å². The van der Waals surface area contributed by atoms with Crippen molar-refractivity contribution in [1.29, 1.82) is 0 Å². The van der Waals surface area contributed by atoms with Crippen molar-refractivity contribution < 1.29 is 0 Å². The van der Waals surface area contributed by atoms with Crippen LogP contribution in [-0.4, -0.2) is 27.9 Å². The van der Waals surface area contributed by atoms with Gasteiger partial charge in [0.05, 0.1) is 0 Å². The van der Waals surface area contributed by atoms with Crippen LogP contribution in [0.2, 0.25) is 0 Å². The van der Waals surface area contributed by atoms with Crippen molar-refractivity contribution in [3.8, 4) is 0 Å². The van der Waals surface area contributed by atoms with Gasteiger partial charge in [-0.25, -0.2) is 4.98 Å². The van der Waals surface area contributed by atoms with Gasteiger partial charge in [-0.3, -0.25) is 4.68 Å². The van der Waals surface area contributed by atoms with E-state index in [-0.39, 0.29) is 0 Å². The van der Waals surface area contributed by atoms with Crippen LogP contribution in [0.1, 0.15) is 52.4 Å². The molecule has 0 aliphatic rings. The van der Waals surface area contributed by atoms with Crippen LogP contribution in [0.5, 0.6) is 0 Å². The molecule has 1 rings (SSSR count). The zero-order valence-corrected chi connectivity index (χ0v) is 11.7. The molecule has 1 heterocycles. The summed E-state index contributed by atoms with van der Waals surface area (Å²) >= 11 is 0. The van der Waals surface area contributed by atoms with Gasteiger partial charge in [-0.1, -0.05) is 39.5 Å². The lowest BCUT2D eigenvalue weighted by Crippen LogP contribution is -2.16. The third-order valence-electron chi connectivity index (χ3n) is 2.45. The van der Waals surface area contributed by atoms with Crippen LogP contribution in [0.4, 0.5) is 0 Å². The Balaban J connectivity index is 0.000000354. The summed E-state index contributed by atoms with van der Waals surface area (Å²) in [5.74, 6) is 0. The van der Waals surface area contributed by atoms with Crippen molar-refractivity contribution >= 4 is 0 Å². The molecule has 0 aliphatic heterocycles. The van der Waals surface area contributed by atoms with Gasteiger partial charge in [-0.2, -0.15) is 5.10 Å². The second-order valence-electron chi connectivity index (χ2n) is 4.23. The Morgan fingerprint density at radius 3 is 1.88 bits per heavy atom. The second-order valence-corrected chi connectivity index (χ2v) is 4.23. The van der Waals surface area contributed by atoms with Gasteiger partial charge in [-0.05, 0) is 25.9 Å². The molecule has 0 bridgehead atoms. The van der Waals surface area contributed by atoms with Crippen LogP contribution in [0.25, 0.3) is 0 Å². The quantitative estimate of drug-likeness (QED) is 0.711. The standard InChI is InChI=1S/C10H23N.C3H5N3/c1-3-5-7-9-11-10-8-6-4-2;1-6-3-4-2-5-6/h11H,3-10H2,1-2H3;2-3H,1H3. The first-order valence-electron chi connectivity index (χ1n) is 6.80. The van der Waals surface area contributed by atoms with E-state index in [0.29, 0.717) is 0 Å². The SMILES string of the molecule is CCCCCNCCCCC.Cn1cncn1. The molecule has 0 spiro atoms. The lowest BCUT2D eigenvalue weighted by molar-refractivity contribution is 0.583. The average Bonchev–Trinajstić information content (AvgIpc) is 2.80. The van der Waals surface area contributed by atoms with E-state index in [1.807, 2.05) is 7.05 Å². The molecule has 1 N–H and O–H groups in total. The average molecular weight is 240 g/mol. The molecule has 0 atom stereocenters. The van der Waals surface area contributed by atoms with Gasteiger partial charge in [0.25, 0.3) is 0 Å². The summed E-state index contributed by atoms with van der Waals surface area (Å²) in [5.41, 5.74) is 0. The zero-order chi connectivity index (χ0) is 12.8. The fourth-order valence-electron chi connectivity index (χ4n) is 1.39. The number of unbranched alkanes of at least 4 members (excludes halogenated alkanes) is 4. The van der Waals surface area contributed by atoms with E-state index >= 15 is 0 Å². The third kappa shape index (κ3) is 13.0. The van der Waals surface area contributed by atoms with Crippen LogP contribution in [0.15, 0.2) is 12.7 Å². The first-order chi connectivity index (χ1) is 8.31. The number of nitrogens with zero attached hydrogens (tertiary/aromatic N) is 3. The van der Waals surface area contributed by atoms with E-state index in [4.69, 9.17) is 0 Å². The van der Waals surface area contributed by atoms with E-state index in [2.05, 4.69) is 29.2 Å². The molecule has 100 valence electrons. The Morgan fingerprint density at radius 1 is 1.00 bits per heavy atom. The van der Waals surface area contributed by atoms with Gasteiger partial charge in [-0.15, -0.1) is 0 Å². The molecule has 0 unspecified atom stereocenters. The number of nitrogens with one attached hydrogen (secondary N) is 1. The van der Waals surface area contributed by atoms with Gasteiger partial charge in [0.2, 0.25) is 0 Å². The minimum absolute atomic E-state index is 1.22. The van der Waals surface area contributed by atoms with E-state index in [9.17, 15) is 0 Å². The molecular weight excluding hydrogens is 212 g/mol. The van der Waals surface area contributed by atoms with Crippen molar-refractivity contribution in [2.75, 3.05) is 13.1 Å². The van der Waals surface area contributed by atoms with Gasteiger partial charge in [0.1, 0.15) is 12.7 Å². The van der Waals surface area contributed by atoms with Crippen molar-refractivity contribution in [2.24, 2.45) is 7.05 Å². The molecule has 4 heteroatoms. The van der Waals surface area contributed by atoms with E-state index in [1.54, 1.807) is 11.0 Å². The topological polar surface area (TPSA) is 42.7 Å². The number of aromatic nitrogens is 3. The molecular formula is C13H28N4. The Bertz CT molecular complexity index is 213. The summed E-state index contributed by atoms with van der Waals surface area (Å²) in [6, 6.07) is 0. The minimum Gasteiger partial charge on any atom is -0.317 e. The van der Waals surface area contributed by atoms with Crippen LogP contribution < -0.4 is 5.32 Å². The van der Waals surface area contributed by atoms with E-state index in [1.165, 1.54) is 57.9 Å². The maximum absolute atomic E-state index is 3.72. The Kier molecular flexibility index (Phi) is 12.5. The molecule has 0 radical (unpaired) electrons. The van der Waals surface area contributed by atoms with Gasteiger partial charge < -0.3 is 5.32 Å². The number of rotatable bonds is 8. The molecule has 17 heavy (non-hydrogen) atoms. The molecule has 0 saturated carbocycles. The van der Waals surface area contributed by atoms with Crippen LogP contribution >= 0.6 is 0 Å². The van der Waals surface area contributed by atoms with Gasteiger partial charge >= 0.3 is 0 Å². The third-order valence-corrected chi connectivity index (χ3v) is 2.45. The summed E-state index contributed by atoms with van der Waals surface area (Å²) in [6.45, 7) is 6.93. The largest absolute Gasteiger partial charge is 0.317 e. The molecule has 0 saturated heterocycles. The molecule has 0 amide bonds. The fourth-order valence-corrected chi connectivity index (χ4v) is 1.39. The summed E-state index contributed by atoms with van der Waals surface area (Å²) < 4.78 is 1.64. The predicted molar refractivity (Wildman–Crippen MR) is 72.9 cm³/mol. The molecule has 0 fully saturated rings. The van der Waals surface area contributed by atoms with Crippen molar-refractivity contribution in [2.45, 2.75) is 52.4 Å². The van der Waals surface area contributed by atoms with E-state index < -0.39 is 0 Å². The summed E-state index contributed by atoms with van der Waals surface area (Å²) in [7, 11) is 1.83. The Morgan fingerprint density at radius 2 is 1.59 bits per heavy atom. The maximum atomic E-state index is 3.72. The Labute approximate surface area is 106 Å². The van der Waals surface area contributed by atoms with Crippen LogP contribution in [0.3, 0.4) is 0 Å². The van der Waals surface area contributed by atoms with Gasteiger partial charge in [0.15, 0.2) is 0 Å². The highest BCUT2D eigenvalue weighted by molar-refractivity contribution is 4.49. The Hall–Kier alpha value is -0.900. The normalized spacial score (nSPS) is 9.82. The predicted octanol–water partition coefficient (Wildman–Crippen LogP) is 2.77. The highest BCUT2D eigenvalue weighted by Crippen LogP contribution is 1.93. The molecule has 0 aliphatic carbocycles. The summed E-state index contributed by atoms with van der Waals surface area (Å²) in [6.07, 6.45) is 11.3. The first kappa shape index (κ1) is 16.1. The summed E-state index contributed by atoms with van der Waals surface area (Å²) in [5, 5.41) is 7.18. The fraction of sp³-hybridized carbons (Fsp3) is 0.846.